The van der Waals surface area contributed by atoms with Gasteiger partial charge in [-0.15, -0.1) is 11.3 Å². The van der Waals surface area contributed by atoms with Crippen LogP contribution in [0.2, 0.25) is 0 Å². The highest BCUT2D eigenvalue weighted by Gasteiger charge is 2.32. The molecule has 0 unspecified atom stereocenters. The Labute approximate surface area is 190 Å². The topological polar surface area (TPSA) is 152 Å². The molecule has 0 N–H and O–H groups in total. The molecule has 0 spiro atoms. The lowest BCUT2D eigenvalue weighted by atomic mass is 10.2. The lowest BCUT2D eigenvalue weighted by Crippen LogP contribution is -2.13. The number of hydrogen-bond donors (Lipinski definition) is 0. The average molecular weight is 487 g/mol. The Morgan fingerprint density at radius 3 is 2.39 bits per heavy atom. The van der Waals surface area contributed by atoms with Crippen LogP contribution in [0.15, 0.2) is 65.6 Å². The zero-order valence-corrected chi connectivity index (χ0v) is 18.3. The summed E-state index contributed by atoms with van der Waals surface area (Å²) >= 11 is 1.29. The van der Waals surface area contributed by atoms with Crippen LogP contribution in [0.5, 0.6) is 11.5 Å². The normalized spacial score (nSPS) is 11.3. The van der Waals surface area contributed by atoms with Crippen molar-refractivity contribution in [2.24, 2.45) is 0 Å². The molecule has 33 heavy (non-hydrogen) atoms. The average Bonchev–Trinajstić information content (AvgIpc) is 3.22. The molecule has 0 saturated carbocycles. The third-order valence-corrected chi connectivity index (χ3v) is 6.88. The first kappa shape index (κ1) is 22.1. The molecule has 0 aliphatic carbocycles. The minimum atomic E-state index is -4.79. The van der Waals surface area contributed by atoms with Crippen molar-refractivity contribution < 1.29 is 27.2 Å². The van der Waals surface area contributed by atoms with Crippen LogP contribution >= 0.6 is 11.3 Å². The largest absolute Gasteiger partial charge is 0.493 e. The Hall–Kier alpha value is -4.10. The van der Waals surface area contributed by atoms with Crippen molar-refractivity contribution in [3.05, 3.63) is 80.9 Å². The SMILES string of the molecule is COc1cccc(-c2nc3ccccc3s2)c1OS(=O)(=O)c1ccc([N+](=O)[O-])cc1[N+](=O)[O-]. The van der Waals surface area contributed by atoms with Gasteiger partial charge in [0.15, 0.2) is 16.4 Å². The molecule has 4 aromatic rings. The molecule has 13 heteroatoms. The fraction of sp³-hybridized carbons (Fsp3) is 0.0500. The van der Waals surface area contributed by atoms with Crippen LogP contribution in [0.25, 0.3) is 20.8 Å². The Morgan fingerprint density at radius 2 is 1.73 bits per heavy atom. The molecule has 0 amide bonds. The number of nitro groups is 2. The van der Waals surface area contributed by atoms with E-state index in [1.54, 1.807) is 18.2 Å². The number of benzene rings is 3. The molecule has 0 bridgehead atoms. The van der Waals surface area contributed by atoms with E-state index in [2.05, 4.69) is 4.98 Å². The number of non-ortho nitro benzene ring substituents is 1. The van der Waals surface area contributed by atoms with Gasteiger partial charge in [-0.1, -0.05) is 18.2 Å². The third-order valence-electron chi connectivity index (χ3n) is 4.54. The molecule has 0 fully saturated rings. The molecular formula is C20H13N3O8S2. The molecule has 1 aromatic heterocycles. The molecule has 168 valence electrons. The van der Waals surface area contributed by atoms with Crippen molar-refractivity contribution in [1.82, 2.24) is 4.98 Å². The van der Waals surface area contributed by atoms with Crippen LogP contribution in [0, 0.1) is 20.2 Å². The highest BCUT2D eigenvalue weighted by Crippen LogP contribution is 2.43. The number of methoxy groups -OCH3 is 1. The maximum absolute atomic E-state index is 13.1. The monoisotopic (exact) mass is 487 g/mol. The van der Waals surface area contributed by atoms with E-state index < -0.39 is 36.2 Å². The molecule has 0 aliphatic rings. The quantitative estimate of drug-likeness (QED) is 0.207. The first-order valence-electron chi connectivity index (χ1n) is 9.11. The zero-order chi connectivity index (χ0) is 23.8. The molecule has 0 radical (unpaired) electrons. The lowest BCUT2D eigenvalue weighted by Gasteiger charge is -2.13. The number of nitro benzene ring substituents is 2. The Morgan fingerprint density at radius 1 is 0.970 bits per heavy atom. The second-order valence-corrected chi connectivity index (χ2v) is 9.07. The summed E-state index contributed by atoms with van der Waals surface area (Å²) in [6.07, 6.45) is 0. The van der Waals surface area contributed by atoms with Crippen molar-refractivity contribution in [1.29, 1.82) is 0 Å². The minimum Gasteiger partial charge on any atom is -0.493 e. The smallest absolute Gasteiger partial charge is 0.346 e. The number of ether oxygens (including phenoxy) is 1. The maximum atomic E-state index is 13.1. The van der Waals surface area contributed by atoms with Crippen LogP contribution in [-0.2, 0) is 10.1 Å². The summed E-state index contributed by atoms with van der Waals surface area (Å²) in [5.41, 5.74) is -0.627. The van der Waals surface area contributed by atoms with Crippen molar-refractivity contribution in [2.45, 2.75) is 4.90 Å². The zero-order valence-electron chi connectivity index (χ0n) is 16.7. The molecule has 0 saturated heterocycles. The summed E-state index contributed by atoms with van der Waals surface area (Å²) in [5, 5.41) is 22.8. The van der Waals surface area contributed by atoms with Gasteiger partial charge in [0.05, 0.1) is 38.8 Å². The fourth-order valence-corrected chi connectivity index (χ4v) is 5.14. The summed E-state index contributed by atoms with van der Waals surface area (Å²) in [6, 6.07) is 14.1. The van der Waals surface area contributed by atoms with Crippen LogP contribution in [-0.4, -0.2) is 30.4 Å². The maximum Gasteiger partial charge on any atom is 0.346 e. The molecule has 1 heterocycles. The number of fused-ring (bicyclic) bond motifs is 1. The van der Waals surface area contributed by atoms with Crippen LogP contribution < -0.4 is 8.92 Å². The minimum absolute atomic E-state index is 0.0555. The van der Waals surface area contributed by atoms with Gasteiger partial charge < -0.3 is 8.92 Å². The number of aromatic nitrogens is 1. The van der Waals surface area contributed by atoms with E-state index in [0.717, 1.165) is 16.8 Å². The summed E-state index contributed by atoms with van der Waals surface area (Å²) in [6.45, 7) is 0. The van der Waals surface area contributed by atoms with Crippen molar-refractivity contribution in [3.63, 3.8) is 0 Å². The predicted molar refractivity (Wildman–Crippen MR) is 119 cm³/mol. The van der Waals surface area contributed by atoms with Gasteiger partial charge in [0.1, 0.15) is 5.01 Å². The van der Waals surface area contributed by atoms with Crippen molar-refractivity contribution >= 4 is 43.0 Å². The number of nitrogens with zero attached hydrogens (tertiary/aromatic N) is 3. The first-order chi connectivity index (χ1) is 15.7. The van der Waals surface area contributed by atoms with Gasteiger partial charge in [-0.05, 0) is 30.3 Å². The van der Waals surface area contributed by atoms with E-state index in [1.807, 2.05) is 18.2 Å². The van der Waals surface area contributed by atoms with Gasteiger partial charge in [-0.25, -0.2) is 4.98 Å². The first-order valence-corrected chi connectivity index (χ1v) is 11.3. The van der Waals surface area contributed by atoms with Gasteiger partial charge >= 0.3 is 10.1 Å². The second-order valence-electron chi connectivity index (χ2n) is 6.53. The van der Waals surface area contributed by atoms with E-state index in [9.17, 15) is 28.6 Å². The number of para-hydroxylation sites is 2. The van der Waals surface area contributed by atoms with E-state index in [0.29, 0.717) is 22.2 Å². The number of hydrogen-bond acceptors (Lipinski definition) is 10. The van der Waals surface area contributed by atoms with Crippen LogP contribution in [0.4, 0.5) is 11.4 Å². The van der Waals surface area contributed by atoms with Crippen molar-refractivity contribution in [3.8, 4) is 22.1 Å². The van der Waals surface area contributed by atoms with Gasteiger partial charge in [0.25, 0.3) is 11.4 Å². The lowest BCUT2D eigenvalue weighted by molar-refractivity contribution is -0.396. The standard InChI is InChI=1S/C20H13N3O8S2/c1-30-16-7-4-5-13(20-21-14-6-2-3-8-17(14)32-20)19(16)31-33(28,29)18-10-9-12(22(24)25)11-15(18)23(26)27/h2-11H,1H3. The molecule has 4 rings (SSSR count). The van der Waals surface area contributed by atoms with Crippen molar-refractivity contribution in [2.75, 3.05) is 7.11 Å². The fourth-order valence-electron chi connectivity index (χ4n) is 3.05. The van der Waals surface area contributed by atoms with E-state index in [1.165, 1.54) is 24.5 Å². The summed E-state index contributed by atoms with van der Waals surface area (Å²) in [4.78, 5) is 24.2. The molecule has 0 atom stereocenters. The second kappa shape index (κ2) is 8.44. The Balaban J connectivity index is 1.85. The van der Waals surface area contributed by atoms with E-state index in [-0.39, 0.29) is 11.5 Å². The Kier molecular flexibility index (Phi) is 5.66. The van der Waals surface area contributed by atoms with Gasteiger partial charge in [-0.3, -0.25) is 20.2 Å². The highest BCUT2D eigenvalue weighted by molar-refractivity contribution is 7.87. The molecule has 11 nitrogen and oxygen atoms in total. The third kappa shape index (κ3) is 4.18. The van der Waals surface area contributed by atoms with Gasteiger partial charge in [-0.2, -0.15) is 8.42 Å². The summed E-state index contributed by atoms with van der Waals surface area (Å²) in [7, 11) is -3.48. The molecular weight excluding hydrogens is 474 g/mol. The van der Waals surface area contributed by atoms with Crippen LogP contribution in [0.3, 0.4) is 0 Å². The van der Waals surface area contributed by atoms with E-state index in [4.69, 9.17) is 8.92 Å². The summed E-state index contributed by atoms with van der Waals surface area (Å²) in [5.74, 6) is -0.161. The Bertz CT molecular complexity index is 1480. The highest BCUT2D eigenvalue weighted by atomic mass is 32.2. The van der Waals surface area contributed by atoms with Gasteiger partial charge in [0.2, 0.25) is 0 Å². The van der Waals surface area contributed by atoms with Gasteiger partial charge in [0, 0.05) is 6.07 Å². The number of rotatable bonds is 7. The van der Waals surface area contributed by atoms with E-state index >= 15 is 0 Å². The molecule has 0 aliphatic heterocycles. The summed E-state index contributed by atoms with van der Waals surface area (Å²) < 4.78 is 37.6. The predicted octanol–water partition coefficient (Wildman–Crippen LogP) is 4.56. The van der Waals surface area contributed by atoms with Crippen LogP contribution in [0.1, 0.15) is 0 Å². The molecule has 3 aromatic carbocycles. The number of thiazole rings is 1.